The summed E-state index contributed by atoms with van der Waals surface area (Å²) in [6.07, 6.45) is 5.44. The summed E-state index contributed by atoms with van der Waals surface area (Å²) in [6.45, 7) is 4.25. The normalized spacial score (nSPS) is 18.9. The minimum absolute atomic E-state index is 0. The number of benzene rings is 4. The molecule has 13 heteroatoms. The van der Waals surface area contributed by atoms with Crippen LogP contribution in [-0.4, -0.2) is 46.3 Å². The van der Waals surface area contributed by atoms with Gasteiger partial charge in [-0.3, -0.25) is 23.8 Å². The molecular formula is C39H37N2NaO8S2. The molecule has 10 nitrogen and oxygen atoms in total. The van der Waals surface area contributed by atoms with Crippen molar-refractivity contribution in [2.24, 2.45) is 0 Å². The van der Waals surface area contributed by atoms with Crippen molar-refractivity contribution >= 4 is 44.0 Å². The monoisotopic (exact) mass is 748 g/mol. The van der Waals surface area contributed by atoms with Crippen LogP contribution < -0.4 is 39.8 Å². The third-order valence-corrected chi connectivity index (χ3v) is 12.2. The van der Waals surface area contributed by atoms with E-state index in [-0.39, 0.29) is 59.3 Å². The van der Waals surface area contributed by atoms with Crippen LogP contribution in [0.15, 0.2) is 131 Å². The molecule has 0 saturated carbocycles. The molecule has 7 rings (SSSR count). The Morgan fingerprint density at radius 3 is 2.15 bits per heavy atom. The molecule has 0 spiro atoms. The number of carbonyl (C=O) groups is 2. The fraction of sp³-hybridized carbons (Fsp3) is 0.179. The molecule has 0 saturated heterocycles. The second-order valence-corrected chi connectivity index (χ2v) is 16.6. The molecule has 0 aromatic heterocycles. The minimum atomic E-state index is -4.18. The number of allylic oxidation sites excluding steroid dienone is 6. The first kappa shape index (κ1) is 37.8. The second-order valence-electron chi connectivity index (χ2n) is 13.1. The van der Waals surface area contributed by atoms with Gasteiger partial charge in [0.15, 0.2) is 6.10 Å². The summed E-state index contributed by atoms with van der Waals surface area (Å²) in [5.74, 6) is -0.864. The molecule has 2 heterocycles. The molecule has 1 amide bonds. The van der Waals surface area contributed by atoms with Crippen LogP contribution in [0.25, 0.3) is 11.1 Å². The zero-order chi connectivity index (χ0) is 36.1. The van der Waals surface area contributed by atoms with Crippen LogP contribution in [0.3, 0.4) is 0 Å². The average molecular weight is 749 g/mol. The van der Waals surface area contributed by atoms with Gasteiger partial charge in [-0.1, -0.05) is 86.7 Å². The Kier molecular flexibility index (Phi) is 10.5. The maximum atomic E-state index is 13.3. The van der Waals surface area contributed by atoms with Crippen molar-refractivity contribution < 1.29 is 67.4 Å². The van der Waals surface area contributed by atoms with Crippen molar-refractivity contribution in [3.8, 4) is 11.1 Å². The number of anilines is 2. The molecule has 0 bridgehead atoms. The fourth-order valence-corrected chi connectivity index (χ4v) is 9.24. The van der Waals surface area contributed by atoms with E-state index in [0.717, 1.165) is 39.2 Å². The Bertz CT molecular complexity index is 2260. The molecule has 4 aromatic rings. The maximum absolute atomic E-state index is 13.3. The number of hydrogen-bond acceptors (Lipinski definition) is 8. The van der Waals surface area contributed by atoms with E-state index in [1.807, 2.05) is 85.5 Å². The zero-order valence-electron chi connectivity index (χ0n) is 29.8. The van der Waals surface area contributed by atoms with Crippen LogP contribution in [0.1, 0.15) is 54.8 Å². The number of ketones is 1. The summed E-state index contributed by atoms with van der Waals surface area (Å²) < 4.78 is 60.2. The first-order valence-corrected chi connectivity index (χ1v) is 19.5. The Labute approximate surface area is 327 Å². The SMILES string of the molecule is CC1(C)C(=CC=CC=C2C(=O)c3ccccc3S2(O)O)N(CCCS(=O)(=O)O)c2ccc(NC(=O)OC3c4ccccc4-c4ccccc43)cc21.[H-].[Na+]. The van der Waals surface area contributed by atoms with E-state index in [4.69, 9.17) is 4.74 Å². The van der Waals surface area contributed by atoms with Gasteiger partial charge >= 0.3 is 35.7 Å². The van der Waals surface area contributed by atoms with Gasteiger partial charge in [0.05, 0.1) is 10.6 Å². The minimum Gasteiger partial charge on any atom is -1.00 e. The summed E-state index contributed by atoms with van der Waals surface area (Å²) in [7, 11) is -7.63. The molecule has 4 N–H and O–H groups in total. The molecular weight excluding hydrogens is 712 g/mol. The van der Waals surface area contributed by atoms with Crippen LogP contribution in [0.4, 0.5) is 16.2 Å². The van der Waals surface area contributed by atoms with Crippen LogP contribution in [0.2, 0.25) is 0 Å². The van der Waals surface area contributed by atoms with Crippen molar-refractivity contribution in [1.82, 2.24) is 0 Å². The number of Topliss-reactive ketones (excluding diaryl/α,β-unsaturated/α-hetero) is 1. The summed E-state index contributed by atoms with van der Waals surface area (Å²) in [4.78, 5) is 28.3. The molecule has 4 aromatic carbocycles. The Morgan fingerprint density at radius 1 is 0.923 bits per heavy atom. The van der Waals surface area contributed by atoms with Gasteiger partial charge in [0.25, 0.3) is 10.1 Å². The predicted octanol–water partition coefficient (Wildman–Crippen LogP) is 5.83. The predicted molar refractivity (Wildman–Crippen MR) is 200 cm³/mol. The number of carbonyl (C=O) groups excluding carboxylic acids is 2. The van der Waals surface area contributed by atoms with E-state index >= 15 is 0 Å². The van der Waals surface area contributed by atoms with Crippen LogP contribution in [0, 0.1) is 0 Å². The molecule has 0 unspecified atom stereocenters. The topological polar surface area (TPSA) is 153 Å². The molecule has 0 radical (unpaired) electrons. The van der Waals surface area contributed by atoms with Crippen LogP contribution >= 0.6 is 10.6 Å². The maximum Gasteiger partial charge on any atom is 1.00 e. The summed E-state index contributed by atoms with van der Waals surface area (Å²) >= 11 is 0. The summed E-state index contributed by atoms with van der Waals surface area (Å²) in [5, 5.41) is 2.88. The van der Waals surface area contributed by atoms with Crippen molar-refractivity contribution in [2.45, 2.75) is 36.7 Å². The molecule has 3 aliphatic rings. The van der Waals surface area contributed by atoms with Gasteiger partial charge in [-0.2, -0.15) is 8.42 Å². The van der Waals surface area contributed by atoms with Crippen molar-refractivity contribution in [3.05, 3.63) is 148 Å². The largest absolute Gasteiger partial charge is 1.00 e. The molecule has 0 atom stereocenters. The van der Waals surface area contributed by atoms with Gasteiger partial charge in [0, 0.05) is 45.7 Å². The Balaban J connectivity index is 0.00000271. The van der Waals surface area contributed by atoms with E-state index < -0.39 is 49.9 Å². The number of nitrogens with one attached hydrogen (secondary N) is 1. The zero-order valence-corrected chi connectivity index (χ0v) is 32.4. The van der Waals surface area contributed by atoms with Gasteiger partial charge in [0.1, 0.15) is 4.91 Å². The number of rotatable bonds is 8. The number of hydrogen-bond donors (Lipinski definition) is 4. The Hall–Kier alpha value is -3.98. The van der Waals surface area contributed by atoms with Gasteiger partial charge < -0.3 is 11.1 Å². The van der Waals surface area contributed by atoms with Gasteiger partial charge in [-0.15, -0.1) is 10.6 Å². The third kappa shape index (κ3) is 6.93. The second kappa shape index (κ2) is 14.4. The third-order valence-electron chi connectivity index (χ3n) is 9.51. The Morgan fingerprint density at radius 2 is 1.52 bits per heavy atom. The van der Waals surface area contributed by atoms with Gasteiger partial charge in [-0.05, 0) is 65.6 Å². The smallest absolute Gasteiger partial charge is 1.00 e. The first-order chi connectivity index (χ1) is 24.3. The van der Waals surface area contributed by atoms with Crippen molar-refractivity contribution in [3.63, 3.8) is 0 Å². The van der Waals surface area contributed by atoms with Crippen molar-refractivity contribution in [1.29, 1.82) is 0 Å². The molecule has 1 aliphatic carbocycles. The van der Waals surface area contributed by atoms with Gasteiger partial charge in [0.2, 0.25) is 5.78 Å². The van der Waals surface area contributed by atoms with E-state index in [1.165, 1.54) is 12.1 Å². The van der Waals surface area contributed by atoms with E-state index in [9.17, 15) is 31.7 Å². The fourth-order valence-electron chi connectivity index (χ4n) is 7.13. The summed E-state index contributed by atoms with van der Waals surface area (Å²) in [5.41, 5.74) is 6.44. The summed E-state index contributed by atoms with van der Waals surface area (Å²) in [6, 6.07) is 27.6. The van der Waals surface area contributed by atoms with E-state index in [1.54, 1.807) is 36.4 Å². The number of nitrogens with zero attached hydrogens (tertiary/aromatic N) is 1. The molecule has 52 heavy (non-hydrogen) atoms. The van der Waals surface area contributed by atoms with E-state index in [0.29, 0.717) is 5.69 Å². The first-order valence-electron chi connectivity index (χ1n) is 16.3. The number of fused-ring (bicyclic) bond motifs is 5. The van der Waals surface area contributed by atoms with E-state index in [2.05, 4.69) is 5.32 Å². The number of ether oxygens (including phenoxy) is 1. The van der Waals surface area contributed by atoms with Gasteiger partial charge in [-0.25, -0.2) is 4.79 Å². The van der Waals surface area contributed by atoms with Crippen LogP contribution in [0.5, 0.6) is 0 Å². The van der Waals surface area contributed by atoms with Crippen LogP contribution in [-0.2, 0) is 20.3 Å². The molecule has 264 valence electrons. The number of amides is 1. The van der Waals surface area contributed by atoms with Crippen molar-refractivity contribution in [2.75, 3.05) is 22.5 Å². The average Bonchev–Trinajstić information content (AvgIpc) is 3.59. The molecule has 2 aliphatic heterocycles. The quantitative estimate of drug-likeness (QED) is 0.0991. The molecule has 0 fully saturated rings. The standard InChI is InChI=1S/C39H36N2O8S2.Na.H/c1-39(2)31-24-25(40-38(43)49-37-28-14-5-3-12-26(28)27-13-4-6-15-29(27)37)20-21-32(31)41(22-11-23-50(44,45)46)35(39)19-10-9-18-34-36(42)30-16-7-8-17-33(30)51(34,47)48;;/h3-10,12-21,24,37,47-48H,11,22-23H2,1-2H3,(H,40,43)(H,44,45,46);;/q;+1;-1.